The highest BCUT2D eigenvalue weighted by atomic mass is 16.5. The maximum Gasteiger partial charge on any atom is 0.150 e. The summed E-state index contributed by atoms with van der Waals surface area (Å²) >= 11 is 0. The van der Waals surface area contributed by atoms with Gasteiger partial charge in [-0.15, -0.1) is 0 Å². The lowest BCUT2D eigenvalue weighted by Crippen LogP contribution is -1.96. The van der Waals surface area contributed by atoms with E-state index in [1.54, 1.807) is 0 Å². The molecule has 4 rings (SSSR count). The zero-order valence-corrected chi connectivity index (χ0v) is 17.8. The average molecular weight is 411 g/mol. The van der Waals surface area contributed by atoms with Gasteiger partial charge in [-0.3, -0.25) is 0 Å². The summed E-state index contributed by atoms with van der Waals surface area (Å²) in [5.41, 5.74) is 17.8. The first-order chi connectivity index (χ1) is 15.0. The third-order valence-corrected chi connectivity index (χ3v) is 5.16. The van der Waals surface area contributed by atoms with Crippen molar-refractivity contribution in [1.29, 1.82) is 0 Å². The van der Waals surface area contributed by atoms with Crippen LogP contribution < -0.4 is 20.9 Å². The smallest absolute Gasteiger partial charge is 0.150 e. The highest BCUT2D eigenvalue weighted by molar-refractivity contribution is 5.55. The number of nitrogen functional groups attached to an aromatic ring is 2. The summed E-state index contributed by atoms with van der Waals surface area (Å²) in [6.45, 7) is 4.09. The molecule has 4 aromatic rings. The molecule has 4 aromatic carbocycles. The molecular weight excluding hydrogens is 384 g/mol. The Morgan fingerprint density at radius 1 is 0.548 bits per heavy atom. The minimum Gasteiger partial charge on any atom is -0.455 e. The number of benzene rings is 4. The number of ether oxygens (including phenoxy) is 2. The Bertz CT molecular complexity index is 1120. The summed E-state index contributed by atoms with van der Waals surface area (Å²) in [6.07, 6.45) is 0.823. The molecule has 4 heteroatoms. The third kappa shape index (κ3) is 4.81. The summed E-state index contributed by atoms with van der Waals surface area (Å²) < 4.78 is 12.0. The van der Waals surface area contributed by atoms with E-state index in [0.29, 0.717) is 22.9 Å². The zero-order valence-electron chi connectivity index (χ0n) is 17.8. The predicted molar refractivity (Wildman–Crippen MR) is 127 cm³/mol. The minimum atomic E-state index is 0.626. The van der Waals surface area contributed by atoms with Gasteiger partial charge in [-0.25, -0.2) is 0 Å². The fraction of sp³-hybridized carbons (Fsp3) is 0.111. The van der Waals surface area contributed by atoms with Crippen LogP contribution in [0.15, 0.2) is 84.9 Å². The van der Waals surface area contributed by atoms with Crippen molar-refractivity contribution in [1.82, 2.24) is 0 Å². The lowest BCUT2D eigenvalue weighted by molar-refractivity contribution is 0.481. The van der Waals surface area contributed by atoms with E-state index in [1.165, 1.54) is 11.1 Å². The maximum atomic E-state index is 5.99. The maximum absolute atomic E-state index is 5.99. The van der Waals surface area contributed by atoms with Crippen LogP contribution in [0.2, 0.25) is 0 Å². The first-order valence-corrected chi connectivity index (χ1v) is 10.2. The van der Waals surface area contributed by atoms with Gasteiger partial charge in [0, 0.05) is 0 Å². The summed E-state index contributed by atoms with van der Waals surface area (Å²) in [6, 6.07) is 27.5. The fourth-order valence-corrected chi connectivity index (χ4v) is 3.49. The molecule has 0 heterocycles. The molecule has 0 aliphatic heterocycles. The van der Waals surface area contributed by atoms with Crippen LogP contribution in [0.4, 0.5) is 11.4 Å². The van der Waals surface area contributed by atoms with Gasteiger partial charge in [-0.05, 0) is 78.9 Å². The number of para-hydroxylation sites is 4. The van der Waals surface area contributed by atoms with E-state index >= 15 is 0 Å². The molecule has 0 aliphatic rings. The van der Waals surface area contributed by atoms with E-state index < -0.39 is 0 Å². The van der Waals surface area contributed by atoms with E-state index in [4.69, 9.17) is 20.9 Å². The van der Waals surface area contributed by atoms with Crippen molar-refractivity contribution in [2.24, 2.45) is 0 Å². The Morgan fingerprint density at radius 2 is 0.968 bits per heavy atom. The first kappa shape index (κ1) is 20.4. The first-order valence-electron chi connectivity index (χ1n) is 10.2. The summed E-state index contributed by atoms with van der Waals surface area (Å²) in [5.74, 6) is 2.95. The number of rotatable bonds is 6. The van der Waals surface area contributed by atoms with Crippen LogP contribution in [0.1, 0.15) is 22.3 Å². The number of anilines is 2. The van der Waals surface area contributed by atoms with E-state index in [-0.39, 0.29) is 0 Å². The summed E-state index contributed by atoms with van der Waals surface area (Å²) in [7, 11) is 0. The molecule has 4 nitrogen and oxygen atoms in total. The van der Waals surface area contributed by atoms with Crippen molar-refractivity contribution >= 4 is 11.4 Å². The Hall–Kier alpha value is -3.92. The second-order valence-corrected chi connectivity index (χ2v) is 7.66. The summed E-state index contributed by atoms with van der Waals surface area (Å²) in [5, 5.41) is 0. The molecule has 0 aliphatic carbocycles. The number of nitrogens with two attached hydrogens (primary N) is 2. The molecule has 0 atom stereocenters. The van der Waals surface area contributed by atoms with E-state index in [0.717, 1.165) is 29.0 Å². The Kier molecular flexibility index (Phi) is 5.80. The van der Waals surface area contributed by atoms with Gasteiger partial charge in [0.25, 0.3) is 0 Å². The highest BCUT2D eigenvalue weighted by Gasteiger charge is 2.08. The zero-order chi connectivity index (χ0) is 21.8. The van der Waals surface area contributed by atoms with Crippen LogP contribution in [0, 0.1) is 13.8 Å². The predicted octanol–water partition coefficient (Wildman–Crippen LogP) is 6.64. The van der Waals surface area contributed by atoms with Crippen LogP contribution in [0.3, 0.4) is 0 Å². The fourth-order valence-electron chi connectivity index (χ4n) is 3.49. The number of hydrogen-bond donors (Lipinski definition) is 2. The van der Waals surface area contributed by atoms with Gasteiger partial charge in [-0.1, -0.05) is 48.5 Å². The topological polar surface area (TPSA) is 70.5 Å². The Labute approximate surface area is 183 Å². The highest BCUT2D eigenvalue weighted by Crippen LogP contribution is 2.32. The molecule has 0 saturated heterocycles. The molecule has 0 fully saturated rings. The molecule has 0 bridgehead atoms. The van der Waals surface area contributed by atoms with E-state index in [9.17, 15) is 0 Å². The molecular formula is C27H26N2O2. The largest absolute Gasteiger partial charge is 0.455 e. The van der Waals surface area contributed by atoms with E-state index in [2.05, 4.69) is 24.3 Å². The van der Waals surface area contributed by atoms with Gasteiger partial charge in [0.05, 0.1) is 11.4 Å². The molecule has 0 saturated carbocycles. The molecule has 0 unspecified atom stereocenters. The molecule has 156 valence electrons. The van der Waals surface area contributed by atoms with Crippen molar-refractivity contribution in [3.8, 4) is 23.0 Å². The molecule has 31 heavy (non-hydrogen) atoms. The molecule has 0 aromatic heterocycles. The van der Waals surface area contributed by atoms with Crippen LogP contribution in [-0.4, -0.2) is 0 Å². The second kappa shape index (κ2) is 8.84. The van der Waals surface area contributed by atoms with Crippen molar-refractivity contribution in [3.05, 3.63) is 107 Å². The number of aryl methyl sites for hydroxylation is 2. The summed E-state index contributed by atoms with van der Waals surface area (Å²) in [4.78, 5) is 0. The van der Waals surface area contributed by atoms with Crippen LogP contribution in [0.25, 0.3) is 0 Å². The lowest BCUT2D eigenvalue weighted by atomic mass is 10.0. The number of hydrogen-bond acceptors (Lipinski definition) is 4. The van der Waals surface area contributed by atoms with E-state index in [1.807, 2.05) is 74.5 Å². The van der Waals surface area contributed by atoms with Gasteiger partial charge in [0.1, 0.15) is 23.0 Å². The Balaban J connectivity index is 1.48. The van der Waals surface area contributed by atoms with Crippen molar-refractivity contribution in [3.63, 3.8) is 0 Å². The molecule has 4 N–H and O–H groups in total. The van der Waals surface area contributed by atoms with Crippen molar-refractivity contribution in [2.45, 2.75) is 20.3 Å². The second-order valence-electron chi connectivity index (χ2n) is 7.66. The van der Waals surface area contributed by atoms with Gasteiger partial charge in [0.2, 0.25) is 0 Å². The van der Waals surface area contributed by atoms with Gasteiger partial charge in [-0.2, -0.15) is 0 Å². The monoisotopic (exact) mass is 410 g/mol. The molecule has 0 amide bonds. The quantitative estimate of drug-likeness (QED) is 0.349. The minimum absolute atomic E-state index is 0.626. The third-order valence-electron chi connectivity index (χ3n) is 5.16. The van der Waals surface area contributed by atoms with Crippen LogP contribution in [-0.2, 0) is 6.42 Å². The Morgan fingerprint density at radius 3 is 1.35 bits per heavy atom. The normalized spacial score (nSPS) is 10.6. The SMILES string of the molecule is Cc1cc(Cc2ccc(Oc3ccccc3N)c(C)c2)ccc1Oc1ccccc1N. The van der Waals surface area contributed by atoms with Gasteiger partial charge in [0.15, 0.2) is 0 Å². The average Bonchev–Trinajstić information content (AvgIpc) is 2.75. The van der Waals surface area contributed by atoms with Crippen LogP contribution >= 0.6 is 0 Å². The lowest BCUT2D eigenvalue weighted by Gasteiger charge is -2.13. The molecule has 0 radical (unpaired) electrons. The van der Waals surface area contributed by atoms with Crippen molar-refractivity contribution < 1.29 is 9.47 Å². The standard InChI is InChI=1S/C27H26N2O2/c1-18-15-20(11-13-24(18)30-26-9-5-3-7-22(26)28)17-21-12-14-25(19(2)16-21)31-27-10-6-4-8-23(27)29/h3-16H,17,28-29H2,1-2H3. The van der Waals surface area contributed by atoms with Crippen molar-refractivity contribution in [2.75, 3.05) is 11.5 Å². The van der Waals surface area contributed by atoms with Crippen LogP contribution in [0.5, 0.6) is 23.0 Å². The molecule has 0 spiro atoms. The van der Waals surface area contributed by atoms with Gasteiger partial charge < -0.3 is 20.9 Å². The van der Waals surface area contributed by atoms with Gasteiger partial charge >= 0.3 is 0 Å².